The van der Waals surface area contributed by atoms with Crippen molar-refractivity contribution in [3.63, 3.8) is 0 Å². The van der Waals surface area contributed by atoms with Crippen LogP contribution in [0.4, 0.5) is 0 Å². The van der Waals surface area contributed by atoms with Crippen LogP contribution in [0.25, 0.3) is 0 Å². The maximum absolute atomic E-state index is 12.4. The van der Waals surface area contributed by atoms with Gasteiger partial charge in [0.2, 0.25) is 0 Å². The van der Waals surface area contributed by atoms with Crippen molar-refractivity contribution in [2.75, 3.05) is 5.75 Å². The highest BCUT2D eigenvalue weighted by atomic mass is 32.2. The van der Waals surface area contributed by atoms with Crippen LogP contribution in [-0.4, -0.2) is 15.7 Å². The van der Waals surface area contributed by atoms with E-state index < -0.39 is 10.8 Å². The fourth-order valence-corrected chi connectivity index (χ4v) is 2.69. The summed E-state index contributed by atoms with van der Waals surface area (Å²) in [5, 5.41) is 0. The van der Waals surface area contributed by atoms with Gasteiger partial charge in [0.05, 0.1) is 0 Å². The SMILES string of the molecule is CCS(=O)Cc1ccccc1C(=O)c1ccccc1. The van der Waals surface area contributed by atoms with E-state index in [0.29, 0.717) is 22.6 Å². The summed E-state index contributed by atoms with van der Waals surface area (Å²) in [5.74, 6) is 1.03. The largest absolute Gasteiger partial charge is 0.289 e. The first-order valence-electron chi connectivity index (χ1n) is 6.25. The average molecular weight is 272 g/mol. The van der Waals surface area contributed by atoms with Crippen molar-refractivity contribution in [3.05, 3.63) is 71.3 Å². The second kappa shape index (κ2) is 6.43. The molecule has 2 aromatic rings. The summed E-state index contributed by atoms with van der Waals surface area (Å²) < 4.78 is 11.7. The lowest BCUT2D eigenvalue weighted by Crippen LogP contribution is -2.08. The molecule has 0 saturated heterocycles. The smallest absolute Gasteiger partial charge is 0.193 e. The molecule has 0 spiro atoms. The van der Waals surface area contributed by atoms with Crippen LogP contribution in [0.1, 0.15) is 28.4 Å². The maximum atomic E-state index is 12.4. The van der Waals surface area contributed by atoms with E-state index in [1.54, 1.807) is 18.2 Å². The quantitative estimate of drug-likeness (QED) is 0.783. The number of rotatable bonds is 5. The molecule has 1 unspecified atom stereocenters. The molecule has 0 amide bonds. The highest BCUT2D eigenvalue weighted by molar-refractivity contribution is 7.84. The molecule has 0 aliphatic heterocycles. The Morgan fingerprint density at radius 3 is 2.32 bits per heavy atom. The van der Waals surface area contributed by atoms with Crippen LogP contribution < -0.4 is 0 Å². The molecular weight excluding hydrogens is 256 g/mol. The Balaban J connectivity index is 2.35. The third-order valence-electron chi connectivity index (χ3n) is 2.94. The van der Waals surface area contributed by atoms with E-state index in [1.165, 1.54) is 0 Å². The van der Waals surface area contributed by atoms with Gasteiger partial charge in [0.15, 0.2) is 5.78 Å². The van der Waals surface area contributed by atoms with E-state index >= 15 is 0 Å². The molecule has 0 N–H and O–H groups in total. The van der Waals surface area contributed by atoms with Crippen LogP contribution in [0.2, 0.25) is 0 Å². The highest BCUT2D eigenvalue weighted by Crippen LogP contribution is 2.16. The summed E-state index contributed by atoms with van der Waals surface area (Å²) in [4.78, 5) is 12.4. The summed E-state index contributed by atoms with van der Waals surface area (Å²) >= 11 is 0. The number of ketones is 1. The van der Waals surface area contributed by atoms with Crippen molar-refractivity contribution in [1.29, 1.82) is 0 Å². The van der Waals surface area contributed by atoms with Crippen molar-refractivity contribution >= 4 is 16.6 Å². The first-order chi connectivity index (χ1) is 9.22. The zero-order valence-electron chi connectivity index (χ0n) is 10.8. The Bertz CT molecular complexity index is 591. The molecule has 0 aromatic heterocycles. The Kier molecular flexibility index (Phi) is 4.63. The molecule has 0 aliphatic carbocycles. The van der Waals surface area contributed by atoms with Crippen molar-refractivity contribution in [2.24, 2.45) is 0 Å². The van der Waals surface area contributed by atoms with E-state index in [1.807, 2.05) is 43.3 Å². The number of hydrogen-bond acceptors (Lipinski definition) is 2. The lowest BCUT2D eigenvalue weighted by molar-refractivity contribution is 0.103. The van der Waals surface area contributed by atoms with Gasteiger partial charge < -0.3 is 0 Å². The monoisotopic (exact) mass is 272 g/mol. The highest BCUT2D eigenvalue weighted by Gasteiger charge is 2.13. The Hall–Kier alpha value is -1.74. The van der Waals surface area contributed by atoms with Gasteiger partial charge in [0, 0.05) is 33.4 Å². The molecule has 0 radical (unpaired) electrons. The van der Waals surface area contributed by atoms with Crippen molar-refractivity contribution < 1.29 is 9.00 Å². The normalized spacial score (nSPS) is 12.1. The van der Waals surface area contributed by atoms with Gasteiger partial charge in [-0.25, -0.2) is 0 Å². The van der Waals surface area contributed by atoms with E-state index in [9.17, 15) is 9.00 Å². The van der Waals surface area contributed by atoms with Crippen LogP contribution in [0.5, 0.6) is 0 Å². The molecular formula is C16H16O2S. The molecule has 0 saturated carbocycles. The van der Waals surface area contributed by atoms with Crippen LogP contribution in [0.3, 0.4) is 0 Å². The van der Waals surface area contributed by atoms with E-state index in [-0.39, 0.29) is 5.78 Å². The van der Waals surface area contributed by atoms with Crippen LogP contribution >= 0.6 is 0 Å². The molecule has 3 heteroatoms. The summed E-state index contributed by atoms with van der Waals surface area (Å²) in [5.41, 5.74) is 2.17. The zero-order chi connectivity index (χ0) is 13.7. The van der Waals surface area contributed by atoms with Gasteiger partial charge in [0.1, 0.15) is 0 Å². The molecule has 19 heavy (non-hydrogen) atoms. The van der Waals surface area contributed by atoms with Crippen LogP contribution in [0.15, 0.2) is 54.6 Å². The predicted molar refractivity (Wildman–Crippen MR) is 78.7 cm³/mol. The second-order valence-electron chi connectivity index (χ2n) is 4.23. The third-order valence-corrected chi connectivity index (χ3v) is 4.21. The summed E-state index contributed by atoms with van der Waals surface area (Å²) in [6, 6.07) is 16.6. The lowest BCUT2D eigenvalue weighted by Gasteiger charge is -2.08. The molecule has 0 bridgehead atoms. The minimum atomic E-state index is -0.913. The number of carbonyl (C=O) groups excluding carboxylic acids is 1. The summed E-state index contributed by atoms with van der Waals surface area (Å²) in [6.07, 6.45) is 0. The molecule has 0 fully saturated rings. The van der Waals surface area contributed by atoms with Gasteiger partial charge in [-0.3, -0.25) is 9.00 Å². The van der Waals surface area contributed by atoms with Gasteiger partial charge in [-0.05, 0) is 5.56 Å². The minimum Gasteiger partial charge on any atom is -0.289 e. The Morgan fingerprint density at radius 2 is 1.63 bits per heavy atom. The standard InChI is InChI=1S/C16H16O2S/c1-2-19(18)12-14-10-6-7-11-15(14)16(17)13-8-4-3-5-9-13/h3-11H,2,12H2,1H3. The molecule has 0 aliphatic rings. The molecule has 2 rings (SSSR count). The fraction of sp³-hybridized carbons (Fsp3) is 0.188. The molecule has 2 aromatic carbocycles. The van der Waals surface area contributed by atoms with Crippen molar-refractivity contribution in [3.8, 4) is 0 Å². The third kappa shape index (κ3) is 3.38. The topological polar surface area (TPSA) is 34.1 Å². The number of hydrogen-bond donors (Lipinski definition) is 0. The molecule has 0 heterocycles. The van der Waals surface area contributed by atoms with Gasteiger partial charge in [-0.15, -0.1) is 0 Å². The molecule has 98 valence electrons. The Morgan fingerprint density at radius 1 is 1.00 bits per heavy atom. The van der Waals surface area contributed by atoms with E-state index in [2.05, 4.69) is 0 Å². The molecule has 1 atom stereocenters. The molecule has 2 nitrogen and oxygen atoms in total. The first-order valence-corrected chi connectivity index (χ1v) is 7.73. The van der Waals surface area contributed by atoms with Crippen LogP contribution in [-0.2, 0) is 16.6 Å². The summed E-state index contributed by atoms with van der Waals surface area (Å²) in [6.45, 7) is 1.89. The number of benzene rings is 2. The average Bonchev–Trinajstić information content (AvgIpc) is 2.48. The Labute approximate surface area is 115 Å². The van der Waals surface area contributed by atoms with E-state index in [4.69, 9.17) is 0 Å². The van der Waals surface area contributed by atoms with Crippen molar-refractivity contribution in [1.82, 2.24) is 0 Å². The van der Waals surface area contributed by atoms with Gasteiger partial charge in [-0.2, -0.15) is 0 Å². The number of carbonyl (C=O) groups is 1. The first kappa shape index (κ1) is 13.7. The van der Waals surface area contributed by atoms with Crippen molar-refractivity contribution in [2.45, 2.75) is 12.7 Å². The minimum absolute atomic E-state index is 0.00990. The van der Waals surface area contributed by atoms with E-state index in [0.717, 1.165) is 5.56 Å². The van der Waals surface area contributed by atoms with Crippen LogP contribution in [0, 0.1) is 0 Å². The van der Waals surface area contributed by atoms with Gasteiger partial charge in [-0.1, -0.05) is 61.5 Å². The summed E-state index contributed by atoms with van der Waals surface area (Å²) in [7, 11) is -0.913. The lowest BCUT2D eigenvalue weighted by atomic mass is 9.99. The fourth-order valence-electron chi connectivity index (χ4n) is 1.89. The predicted octanol–water partition coefficient (Wildman–Crippen LogP) is 3.19. The maximum Gasteiger partial charge on any atom is 0.193 e. The zero-order valence-corrected chi connectivity index (χ0v) is 11.7. The van der Waals surface area contributed by atoms with Gasteiger partial charge in [0.25, 0.3) is 0 Å². The van der Waals surface area contributed by atoms with Gasteiger partial charge >= 0.3 is 0 Å². The second-order valence-corrected chi connectivity index (χ2v) is 5.97.